The van der Waals surface area contributed by atoms with Crippen LogP contribution in [-0.2, 0) is 16.1 Å². The molecule has 1 aliphatic heterocycles. The Balaban J connectivity index is 1.54. The average Bonchev–Trinajstić information content (AvgIpc) is 3.50. The molecule has 0 spiro atoms. The first kappa shape index (κ1) is 22.1. The van der Waals surface area contributed by atoms with E-state index in [0.29, 0.717) is 41.4 Å². The van der Waals surface area contributed by atoms with Crippen LogP contribution in [0.3, 0.4) is 0 Å². The monoisotopic (exact) mass is 447 g/mol. The number of nitrogens with one attached hydrogen (secondary N) is 1. The van der Waals surface area contributed by atoms with Crippen molar-refractivity contribution in [3.63, 3.8) is 0 Å². The van der Waals surface area contributed by atoms with E-state index in [1.54, 1.807) is 59.5 Å². The molecule has 2 heterocycles. The zero-order valence-electron chi connectivity index (χ0n) is 18.3. The van der Waals surface area contributed by atoms with E-state index in [4.69, 9.17) is 9.15 Å². The van der Waals surface area contributed by atoms with E-state index in [1.807, 2.05) is 6.07 Å². The fraction of sp³-hybridized carbons (Fsp3) is 0.240. The van der Waals surface area contributed by atoms with E-state index >= 15 is 0 Å². The third kappa shape index (κ3) is 5.23. The van der Waals surface area contributed by atoms with E-state index in [2.05, 4.69) is 5.32 Å². The van der Waals surface area contributed by atoms with Crippen LogP contribution >= 0.6 is 0 Å². The van der Waals surface area contributed by atoms with Gasteiger partial charge in [-0.15, -0.1) is 0 Å². The van der Waals surface area contributed by atoms with Crippen molar-refractivity contribution in [2.45, 2.75) is 19.4 Å². The van der Waals surface area contributed by atoms with Gasteiger partial charge in [-0.05, 0) is 48.9 Å². The lowest BCUT2D eigenvalue weighted by Crippen LogP contribution is -2.37. The lowest BCUT2D eigenvalue weighted by molar-refractivity contribution is -0.117. The van der Waals surface area contributed by atoms with E-state index in [1.165, 1.54) is 18.3 Å². The number of hydrogen-bond acceptors (Lipinski definition) is 5. The Hall–Kier alpha value is -4.07. The standard InChI is InChI=1S/C25H25N3O5/c1-32-22-11-3-2-10-21(22)26-23(29)17-27(16-20-9-6-14-33-20)25(31)18-7-4-8-19(15-18)28-13-5-12-24(28)30/h2-4,6-11,14-15H,5,12-13,16-17H2,1H3,(H,26,29). The minimum Gasteiger partial charge on any atom is -0.495 e. The van der Waals surface area contributed by atoms with Gasteiger partial charge in [-0.2, -0.15) is 0 Å². The molecule has 0 bridgehead atoms. The molecule has 0 aliphatic carbocycles. The second-order valence-electron chi connectivity index (χ2n) is 7.69. The van der Waals surface area contributed by atoms with Crippen LogP contribution in [0.2, 0.25) is 0 Å². The predicted molar refractivity (Wildman–Crippen MR) is 123 cm³/mol. The number of amides is 3. The number of rotatable bonds is 8. The Morgan fingerprint density at radius 1 is 1.12 bits per heavy atom. The largest absolute Gasteiger partial charge is 0.495 e. The van der Waals surface area contributed by atoms with Crippen molar-refractivity contribution in [3.05, 3.63) is 78.3 Å². The number of nitrogens with zero attached hydrogens (tertiary/aromatic N) is 2. The first-order valence-corrected chi connectivity index (χ1v) is 10.7. The zero-order valence-corrected chi connectivity index (χ0v) is 18.3. The number of benzene rings is 2. The molecule has 0 unspecified atom stereocenters. The Kier molecular flexibility index (Phi) is 6.73. The van der Waals surface area contributed by atoms with Crippen molar-refractivity contribution in [2.24, 2.45) is 0 Å². The summed E-state index contributed by atoms with van der Waals surface area (Å²) < 4.78 is 10.7. The number of hydrogen-bond donors (Lipinski definition) is 1. The van der Waals surface area contributed by atoms with Gasteiger partial charge >= 0.3 is 0 Å². The molecule has 170 valence electrons. The third-order valence-electron chi connectivity index (χ3n) is 5.41. The van der Waals surface area contributed by atoms with Gasteiger partial charge in [-0.3, -0.25) is 14.4 Å². The normalized spacial score (nSPS) is 13.1. The molecular formula is C25H25N3O5. The Bertz CT molecular complexity index is 1140. The highest BCUT2D eigenvalue weighted by Crippen LogP contribution is 2.25. The molecule has 8 heteroatoms. The molecule has 0 radical (unpaired) electrons. The van der Waals surface area contributed by atoms with Gasteiger partial charge in [0.2, 0.25) is 11.8 Å². The maximum atomic E-state index is 13.4. The molecule has 4 rings (SSSR count). The van der Waals surface area contributed by atoms with Crippen LogP contribution in [0.15, 0.2) is 71.3 Å². The summed E-state index contributed by atoms with van der Waals surface area (Å²) in [6, 6.07) is 17.5. The first-order valence-electron chi connectivity index (χ1n) is 10.7. The van der Waals surface area contributed by atoms with Gasteiger partial charge in [0, 0.05) is 24.2 Å². The highest BCUT2D eigenvalue weighted by Gasteiger charge is 2.25. The average molecular weight is 447 g/mol. The van der Waals surface area contributed by atoms with Gasteiger partial charge < -0.3 is 24.3 Å². The smallest absolute Gasteiger partial charge is 0.254 e. The van der Waals surface area contributed by atoms with Crippen molar-refractivity contribution < 1.29 is 23.5 Å². The van der Waals surface area contributed by atoms with Gasteiger partial charge in [0.15, 0.2) is 0 Å². The van der Waals surface area contributed by atoms with E-state index in [0.717, 1.165) is 6.42 Å². The van der Waals surface area contributed by atoms with Crippen LogP contribution in [0.25, 0.3) is 0 Å². The van der Waals surface area contributed by atoms with Crippen LogP contribution < -0.4 is 15.0 Å². The van der Waals surface area contributed by atoms with Gasteiger partial charge in [0.05, 0.1) is 25.6 Å². The minimum absolute atomic E-state index is 0.0447. The highest BCUT2D eigenvalue weighted by molar-refractivity contribution is 6.01. The first-order chi connectivity index (χ1) is 16.0. The maximum Gasteiger partial charge on any atom is 0.254 e. The molecule has 8 nitrogen and oxygen atoms in total. The number of carbonyl (C=O) groups excluding carboxylic acids is 3. The number of anilines is 2. The van der Waals surface area contributed by atoms with Crippen molar-refractivity contribution >= 4 is 29.1 Å². The van der Waals surface area contributed by atoms with Gasteiger partial charge in [0.25, 0.3) is 5.91 Å². The maximum absolute atomic E-state index is 13.4. The van der Waals surface area contributed by atoms with Crippen LogP contribution in [0, 0.1) is 0 Å². The summed E-state index contributed by atoms with van der Waals surface area (Å²) in [5, 5.41) is 2.80. The molecule has 3 amide bonds. The second-order valence-corrected chi connectivity index (χ2v) is 7.69. The molecular weight excluding hydrogens is 422 g/mol. The SMILES string of the molecule is COc1ccccc1NC(=O)CN(Cc1ccco1)C(=O)c1cccc(N2CCCC2=O)c1. The van der Waals surface area contributed by atoms with Crippen LogP contribution in [0.5, 0.6) is 5.75 Å². The Labute approximate surface area is 191 Å². The fourth-order valence-electron chi connectivity index (χ4n) is 3.81. The van der Waals surface area contributed by atoms with Crippen LogP contribution in [-0.4, -0.2) is 42.8 Å². The summed E-state index contributed by atoms with van der Waals surface area (Å²) in [7, 11) is 1.52. The number of furan rings is 1. The van der Waals surface area contributed by atoms with E-state index in [9.17, 15) is 14.4 Å². The molecule has 1 fully saturated rings. The van der Waals surface area contributed by atoms with Gasteiger partial charge in [-0.1, -0.05) is 18.2 Å². The van der Waals surface area contributed by atoms with E-state index in [-0.39, 0.29) is 30.8 Å². The molecule has 1 aliphatic rings. The third-order valence-corrected chi connectivity index (χ3v) is 5.41. The predicted octanol–water partition coefficient (Wildman–Crippen LogP) is 3.70. The van der Waals surface area contributed by atoms with Gasteiger partial charge in [0.1, 0.15) is 18.1 Å². The summed E-state index contributed by atoms with van der Waals surface area (Å²) in [4.78, 5) is 41.5. The van der Waals surface area contributed by atoms with Gasteiger partial charge in [-0.25, -0.2) is 0 Å². The summed E-state index contributed by atoms with van der Waals surface area (Å²) in [6.45, 7) is 0.566. The van der Waals surface area contributed by atoms with Crippen LogP contribution in [0.1, 0.15) is 29.0 Å². The molecule has 3 aromatic rings. The Morgan fingerprint density at radius 2 is 1.97 bits per heavy atom. The van der Waals surface area contributed by atoms with Crippen molar-refractivity contribution in [1.29, 1.82) is 0 Å². The lowest BCUT2D eigenvalue weighted by atomic mass is 10.1. The van der Waals surface area contributed by atoms with Crippen molar-refractivity contribution in [2.75, 3.05) is 30.4 Å². The number of carbonyl (C=O) groups is 3. The molecule has 33 heavy (non-hydrogen) atoms. The summed E-state index contributed by atoms with van der Waals surface area (Å²) in [5.74, 6) is 0.417. The molecule has 0 atom stereocenters. The van der Waals surface area contributed by atoms with Crippen LogP contribution in [0.4, 0.5) is 11.4 Å². The quantitative estimate of drug-likeness (QED) is 0.569. The summed E-state index contributed by atoms with van der Waals surface area (Å²) in [5.41, 5.74) is 1.59. The number of ether oxygens (including phenoxy) is 1. The number of para-hydroxylation sites is 2. The summed E-state index contributed by atoms with van der Waals surface area (Å²) in [6.07, 6.45) is 2.82. The highest BCUT2D eigenvalue weighted by atomic mass is 16.5. The van der Waals surface area contributed by atoms with E-state index < -0.39 is 0 Å². The fourth-order valence-corrected chi connectivity index (χ4v) is 3.81. The van der Waals surface area contributed by atoms with Crippen molar-refractivity contribution in [3.8, 4) is 5.75 Å². The number of methoxy groups -OCH3 is 1. The molecule has 1 aromatic heterocycles. The molecule has 1 saturated heterocycles. The Morgan fingerprint density at radius 3 is 2.70 bits per heavy atom. The zero-order chi connectivity index (χ0) is 23.2. The topological polar surface area (TPSA) is 92.1 Å². The molecule has 1 N–H and O–H groups in total. The minimum atomic E-state index is -0.370. The summed E-state index contributed by atoms with van der Waals surface area (Å²) >= 11 is 0. The molecule has 2 aromatic carbocycles. The lowest BCUT2D eigenvalue weighted by Gasteiger charge is -2.23. The second kappa shape index (κ2) is 10.0. The molecule has 0 saturated carbocycles. The van der Waals surface area contributed by atoms with Crippen molar-refractivity contribution in [1.82, 2.24) is 4.90 Å².